The summed E-state index contributed by atoms with van der Waals surface area (Å²) < 4.78 is 14.5. The van der Waals surface area contributed by atoms with Crippen molar-refractivity contribution in [3.63, 3.8) is 0 Å². The fraction of sp³-hybridized carbons (Fsp3) is 0.520. The molecular formula is C25H33N7O2S. The van der Waals surface area contributed by atoms with Gasteiger partial charge in [0.2, 0.25) is 0 Å². The minimum Gasteiger partial charge on any atom is -0.384 e. The summed E-state index contributed by atoms with van der Waals surface area (Å²) in [4.78, 5) is 16.5. The van der Waals surface area contributed by atoms with Crippen LogP contribution in [0.2, 0.25) is 0 Å². The maximum Gasteiger partial charge on any atom is 0.199 e. The van der Waals surface area contributed by atoms with Crippen LogP contribution in [0.4, 0.5) is 5.82 Å². The molecule has 0 aliphatic heterocycles. The average molecular weight is 496 g/mol. The molecule has 0 aromatic carbocycles. The lowest BCUT2D eigenvalue weighted by atomic mass is 9.86. The predicted octanol–water partition coefficient (Wildman–Crippen LogP) is 4.53. The quantitative estimate of drug-likeness (QED) is 0.365. The Morgan fingerprint density at radius 2 is 2.06 bits per heavy atom. The van der Waals surface area contributed by atoms with Crippen molar-refractivity contribution in [1.29, 1.82) is 0 Å². The van der Waals surface area contributed by atoms with E-state index < -0.39 is 0 Å². The Kier molecular flexibility index (Phi) is 7.12. The van der Waals surface area contributed by atoms with Gasteiger partial charge >= 0.3 is 0 Å². The normalized spacial score (nSPS) is 18.4. The van der Waals surface area contributed by atoms with Crippen LogP contribution >= 0.6 is 11.3 Å². The lowest BCUT2D eigenvalue weighted by molar-refractivity contribution is 0.128. The molecule has 5 rings (SSSR count). The molecule has 10 heteroatoms. The smallest absolute Gasteiger partial charge is 0.199 e. The van der Waals surface area contributed by atoms with E-state index >= 15 is 0 Å². The molecule has 0 saturated heterocycles. The summed E-state index contributed by atoms with van der Waals surface area (Å²) in [5.74, 6) is 2.85. The van der Waals surface area contributed by atoms with E-state index in [9.17, 15) is 0 Å². The highest BCUT2D eigenvalue weighted by Gasteiger charge is 2.25. The third kappa shape index (κ3) is 4.96. The van der Waals surface area contributed by atoms with Gasteiger partial charge in [-0.25, -0.2) is 15.0 Å². The molecule has 2 atom stereocenters. The van der Waals surface area contributed by atoms with Crippen molar-refractivity contribution in [2.45, 2.75) is 45.2 Å². The first-order valence-corrected chi connectivity index (χ1v) is 13.0. The zero-order valence-corrected chi connectivity index (χ0v) is 21.6. The number of fused-ring (bicyclic) bond motifs is 1. The highest BCUT2D eigenvalue weighted by molar-refractivity contribution is 7.22. The Morgan fingerprint density at radius 3 is 2.83 bits per heavy atom. The van der Waals surface area contributed by atoms with E-state index in [4.69, 9.17) is 24.5 Å². The predicted molar refractivity (Wildman–Crippen MR) is 139 cm³/mol. The topological polar surface area (TPSA) is 91.9 Å². The van der Waals surface area contributed by atoms with Gasteiger partial charge in [-0.05, 0) is 43.7 Å². The Hall–Kier alpha value is -2.82. The number of hydrogen-bond acceptors (Lipinski definition) is 8. The molecule has 1 saturated carbocycles. The third-order valence-corrected chi connectivity index (χ3v) is 7.94. The van der Waals surface area contributed by atoms with E-state index in [1.165, 1.54) is 12.8 Å². The molecule has 9 nitrogen and oxygen atoms in total. The van der Waals surface area contributed by atoms with Crippen molar-refractivity contribution in [2.24, 2.45) is 13.0 Å². The van der Waals surface area contributed by atoms with Gasteiger partial charge in [0.05, 0.1) is 23.4 Å². The number of nitrogens with one attached hydrogen (secondary N) is 1. The third-order valence-electron chi connectivity index (χ3n) is 6.74. The van der Waals surface area contributed by atoms with Crippen LogP contribution in [-0.2, 0) is 23.1 Å². The highest BCUT2D eigenvalue weighted by Crippen LogP contribution is 2.41. The first kappa shape index (κ1) is 23.9. The Bertz CT molecular complexity index is 1290. The maximum absolute atomic E-state index is 5.45. The molecular weight excluding hydrogens is 462 g/mol. The van der Waals surface area contributed by atoms with Crippen molar-refractivity contribution in [3.05, 3.63) is 30.2 Å². The van der Waals surface area contributed by atoms with Crippen LogP contribution in [0.25, 0.3) is 32.4 Å². The standard InChI is InChI=1S/C25H33N7O2S/c1-16-20-22(27-18-7-5-6-17(14-18)15-34-4)28-23(24-26-9-11-31(24)2)29-25(20)35-21(16)19-8-10-32(30-19)12-13-33-3/h8-11,17-18H,5-7,12-15H2,1-4H3,(H,27,28,29)/t17-,18?/m1/s1. The molecule has 1 aliphatic carbocycles. The molecule has 4 aromatic heterocycles. The van der Waals surface area contributed by atoms with Crippen molar-refractivity contribution >= 4 is 27.4 Å². The Labute approximate surface area is 209 Å². The summed E-state index contributed by atoms with van der Waals surface area (Å²) in [7, 11) is 5.46. The van der Waals surface area contributed by atoms with Crippen LogP contribution in [0.3, 0.4) is 0 Å². The number of rotatable bonds is 9. The van der Waals surface area contributed by atoms with Gasteiger partial charge in [0.15, 0.2) is 11.6 Å². The number of imidazole rings is 1. The van der Waals surface area contributed by atoms with Gasteiger partial charge in [-0.2, -0.15) is 5.10 Å². The molecule has 1 fully saturated rings. The van der Waals surface area contributed by atoms with E-state index in [2.05, 4.69) is 23.3 Å². The van der Waals surface area contributed by atoms with Gasteiger partial charge in [0, 0.05) is 52.5 Å². The molecule has 0 spiro atoms. The number of methoxy groups -OCH3 is 2. The molecule has 1 N–H and O–H groups in total. The fourth-order valence-corrected chi connectivity index (χ4v) is 6.11. The van der Waals surface area contributed by atoms with E-state index in [1.807, 2.05) is 28.7 Å². The summed E-state index contributed by atoms with van der Waals surface area (Å²) in [6, 6.07) is 2.41. The summed E-state index contributed by atoms with van der Waals surface area (Å²) in [5.41, 5.74) is 2.10. The largest absolute Gasteiger partial charge is 0.384 e. The summed E-state index contributed by atoms with van der Waals surface area (Å²) in [6.45, 7) is 4.31. The van der Waals surface area contributed by atoms with Crippen LogP contribution in [0.1, 0.15) is 31.2 Å². The van der Waals surface area contributed by atoms with Crippen LogP contribution in [-0.4, -0.2) is 62.8 Å². The zero-order chi connectivity index (χ0) is 24.4. The molecule has 0 radical (unpaired) electrons. The van der Waals surface area contributed by atoms with E-state index in [0.29, 0.717) is 24.4 Å². The van der Waals surface area contributed by atoms with Crippen LogP contribution < -0.4 is 5.32 Å². The van der Waals surface area contributed by atoms with Gasteiger partial charge in [-0.3, -0.25) is 4.68 Å². The average Bonchev–Trinajstić information content (AvgIpc) is 3.57. The van der Waals surface area contributed by atoms with E-state index in [0.717, 1.165) is 64.0 Å². The number of anilines is 1. The molecule has 0 bridgehead atoms. The van der Waals surface area contributed by atoms with Gasteiger partial charge in [-0.15, -0.1) is 11.3 Å². The first-order valence-electron chi connectivity index (χ1n) is 12.1. The lowest BCUT2D eigenvalue weighted by Gasteiger charge is -2.30. The lowest BCUT2D eigenvalue weighted by Crippen LogP contribution is -2.29. The van der Waals surface area contributed by atoms with Crippen LogP contribution in [0.5, 0.6) is 0 Å². The molecule has 1 aliphatic rings. The number of nitrogens with zero attached hydrogens (tertiary/aromatic N) is 6. The highest BCUT2D eigenvalue weighted by atomic mass is 32.1. The minimum absolute atomic E-state index is 0.354. The summed E-state index contributed by atoms with van der Waals surface area (Å²) >= 11 is 1.66. The van der Waals surface area contributed by atoms with Crippen molar-refractivity contribution in [1.82, 2.24) is 29.3 Å². The second kappa shape index (κ2) is 10.4. The molecule has 1 unspecified atom stereocenters. The number of aryl methyl sites for hydroxylation is 2. The monoisotopic (exact) mass is 495 g/mol. The molecule has 186 valence electrons. The van der Waals surface area contributed by atoms with E-state index in [-0.39, 0.29) is 0 Å². The van der Waals surface area contributed by atoms with Crippen molar-refractivity contribution in [3.8, 4) is 22.2 Å². The Morgan fingerprint density at radius 1 is 1.17 bits per heavy atom. The zero-order valence-electron chi connectivity index (χ0n) is 20.8. The summed E-state index contributed by atoms with van der Waals surface area (Å²) in [6.07, 6.45) is 10.3. The molecule has 4 aromatic rings. The van der Waals surface area contributed by atoms with Crippen LogP contribution in [0.15, 0.2) is 24.7 Å². The van der Waals surface area contributed by atoms with Gasteiger partial charge < -0.3 is 19.4 Å². The number of aromatic nitrogens is 6. The molecule has 4 heterocycles. The van der Waals surface area contributed by atoms with Gasteiger partial charge in [0.25, 0.3) is 0 Å². The first-order chi connectivity index (χ1) is 17.1. The minimum atomic E-state index is 0.354. The Balaban J connectivity index is 1.55. The SMILES string of the molecule is COCCn1ccc(-c2sc3nc(-c4nccn4C)nc(NC4CCC[C@@H](COC)C4)c3c2C)n1. The van der Waals surface area contributed by atoms with Gasteiger partial charge in [0.1, 0.15) is 16.3 Å². The maximum atomic E-state index is 5.45. The number of hydrogen-bond donors (Lipinski definition) is 1. The second-order valence-electron chi connectivity index (χ2n) is 9.28. The van der Waals surface area contributed by atoms with Crippen LogP contribution in [0, 0.1) is 12.8 Å². The molecule has 35 heavy (non-hydrogen) atoms. The van der Waals surface area contributed by atoms with Gasteiger partial charge in [-0.1, -0.05) is 6.42 Å². The molecule has 0 amide bonds. The van der Waals surface area contributed by atoms with Crippen molar-refractivity contribution in [2.75, 3.05) is 32.8 Å². The number of ether oxygens (including phenoxy) is 2. The van der Waals surface area contributed by atoms with E-state index in [1.54, 1.807) is 31.8 Å². The number of thiophene rings is 1. The fourth-order valence-electron chi connectivity index (χ4n) is 4.96. The van der Waals surface area contributed by atoms with Crippen molar-refractivity contribution < 1.29 is 9.47 Å². The summed E-state index contributed by atoms with van der Waals surface area (Å²) in [5, 5.41) is 9.65. The second-order valence-corrected chi connectivity index (χ2v) is 10.3.